The number of esters is 1. The van der Waals surface area contributed by atoms with Crippen LogP contribution >= 0.6 is 0 Å². The molecule has 1 saturated carbocycles. The Bertz CT molecular complexity index is 978. The maximum atomic E-state index is 12.8. The zero-order valence-corrected chi connectivity index (χ0v) is 17.5. The molecule has 0 bridgehead atoms. The van der Waals surface area contributed by atoms with E-state index in [1.807, 2.05) is 0 Å². The minimum absolute atomic E-state index is 0.00566. The molecule has 2 heterocycles. The number of fused-ring (bicyclic) bond motifs is 1. The molecule has 2 fully saturated rings. The fourth-order valence-electron chi connectivity index (χ4n) is 4.16. The number of nitrogens with zero attached hydrogens (tertiary/aromatic N) is 2. The molecular weight excluding hydrogens is 398 g/mol. The number of rotatable bonds is 7. The summed E-state index contributed by atoms with van der Waals surface area (Å²) in [5.41, 5.74) is 0.504. The minimum atomic E-state index is -0.604. The Morgan fingerprint density at radius 1 is 1.16 bits per heavy atom. The first-order valence-electron chi connectivity index (χ1n) is 10.4. The van der Waals surface area contributed by atoms with Crippen LogP contribution in [0, 0.1) is 5.41 Å². The summed E-state index contributed by atoms with van der Waals surface area (Å²) in [7, 11) is 0. The summed E-state index contributed by atoms with van der Waals surface area (Å²) in [5.74, 6) is 0.0400. The van der Waals surface area contributed by atoms with E-state index in [-0.39, 0.29) is 30.4 Å². The van der Waals surface area contributed by atoms with Crippen LogP contribution in [0.4, 0.5) is 5.69 Å². The third kappa shape index (κ3) is 4.52. The smallest absolute Gasteiger partial charge is 0.328 e. The van der Waals surface area contributed by atoms with Crippen LogP contribution in [-0.2, 0) is 19.1 Å². The molecule has 1 saturated heterocycles. The first kappa shape index (κ1) is 20.8. The topological polar surface area (TPSA) is 97.8 Å². The average Bonchev–Trinajstić information content (AvgIpc) is 3.30. The molecule has 1 aromatic carbocycles. The number of likely N-dealkylation sites (tertiary alicyclic amines) is 1. The molecule has 1 aliphatic carbocycles. The SMILES string of the molecule is CCOC(=O)[C@@H]1C[C@]2(C)C[C@@H]2N1C(=O)CC(=O)Nc1ccc(Oc2cccnc2)cc1. The fourth-order valence-corrected chi connectivity index (χ4v) is 4.16. The summed E-state index contributed by atoms with van der Waals surface area (Å²) in [4.78, 5) is 43.1. The van der Waals surface area contributed by atoms with Gasteiger partial charge in [0.25, 0.3) is 0 Å². The van der Waals surface area contributed by atoms with E-state index >= 15 is 0 Å². The van der Waals surface area contributed by atoms with E-state index in [9.17, 15) is 14.4 Å². The van der Waals surface area contributed by atoms with Crippen LogP contribution in [0.5, 0.6) is 11.5 Å². The van der Waals surface area contributed by atoms with Gasteiger partial charge in [-0.25, -0.2) is 4.79 Å². The second-order valence-electron chi connectivity index (χ2n) is 8.19. The molecule has 3 atom stereocenters. The number of nitrogens with one attached hydrogen (secondary N) is 1. The van der Waals surface area contributed by atoms with Crippen molar-refractivity contribution in [2.75, 3.05) is 11.9 Å². The van der Waals surface area contributed by atoms with Crippen molar-refractivity contribution in [2.24, 2.45) is 5.41 Å². The number of benzene rings is 1. The normalized spacial score (nSPS) is 23.6. The highest BCUT2D eigenvalue weighted by atomic mass is 16.5. The molecule has 0 spiro atoms. The number of hydrogen-bond acceptors (Lipinski definition) is 6. The van der Waals surface area contributed by atoms with Crippen LogP contribution in [0.2, 0.25) is 0 Å². The van der Waals surface area contributed by atoms with Gasteiger partial charge in [0.1, 0.15) is 24.0 Å². The summed E-state index contributed by atoms with van der Waals surface area (Å²) in [6, 6.07) is 9.81. The van der Waals surface area contributed by atoms with Crippen molar-refractivity contribution in [3.8, 4) is 11.5 Å². The molecule has 0 unspecified atom stereocenters. The van der Waals surface area contributed by atoms with Crippen LogP contribution in [0.1, 0.15) is 33.1 Å². The summed E-state index contributed by atoms with van der Waals surface area (Å²) in [6.07, 6.45) is 4.38. The largest absolute Gasteiger partial charge is 0.464 e. The van der Waals surface area contributed by atoms with E-state index < -0.39 is 17.9 Å². The van der Waals surface area contributed by atoms with Gasteiger partial charge in [0.2, 0.25) is 11.8 Å². The van der Waals surface area contributed by atoms with E-state index in [4.69, 9.17) is 9.47 Å². The Hall–Kier alpha value is -3.42. The molecule has 1 aromatic heterocycles. The zero-order chi connectivity index (χ0) is 22.0. The van der Waals surface area contributed by atoms with Crippen molar-refractivity contribution in [3.63, 3.8) is 0 Å². The molecule has 2 amide bonds. The van der Waals surface area contributed by atoms with Gasteiger partial charge in [0, 0.05) is 17.9 Å². The molecule has 31 heavy (non-hydrogen) atoms. The van der Waals surface area contributed by atoms with Crippen molar-refractivity contribution in [1.82, 2.24) is 9.88 Å². The predicted molar refractivity (Wildman–Crippen MR) is 112 cm³/mol. The molecule has 1 N–H and O–H groups in total. The average molecular weight is 423 g/mol. The monoisotopic (exact) mass is 423 g/mol. The third-order valence-electron chi connectivity index (χ3n) is 5.80. The van der Waals surface area contributed by atoms with Crippen molar-refractivity contribution < 1.29 is 23.9 Å². The van der Waals surface area contributed by atoms with Crippen LogP contribution < -0.4 is 10.1 Å². The molecule has 2 aliphatic rings. The summed E-state index contributed by atoms with van der Waals surface area (Å²) >= 11 is 0. The molecule has 8 heteroatoms. The third-order valence-corrected chi connectivity index (χ3v) is 5.80. The summed E-state index contributed by atoms with van der Waals surface area (Å²) in [5, 5.41) is 2.72. The number of pyridine rings is 1. The van der Waals surface area contributed by atoms with Gasteiger partial charge < -0.3 is 19.7 Å². The van der Waals surface area contributed by atoms with E-state index in [0.29, 0.717) is 23.6 Å². The van der Waals surface area contributed by atoms with Crippen molar-refractivity contribution >= 4 is 23.5 Å². The Kier molecular flexibility index (Phi) is 5.63. The molecule has 1 aliphatic heterocycles. The molecule has 162 valence electrons. The highest BCUT2D eigenvalue weighted by molar-refractivity contribution is 6.04. The lowest BCUT2D eigenvalue weighted by molar-refractivity contribution is -0.154. The maximum absolute atomic E-state index is 12.8. The van der Waals surface area contributed by atoms with E-state index in [0.717, 1.165) is 6.42 Å². The first-order chi connectivity index (χ1) is 14.9. The van der Waals surface area contributed by atoms with Crippen molar-refractivity contribution in [3.05, 3.63) is 48.8 Å². The number of aromatic nitrogens is 1. The van der Waals surface area contributed by atoms with Crippen molar-refractivity contribution in [1.29, 1.82) is 0 Å². The number of piperidine rings is 1. The first-order valence-corrected chi connectivity index (χ1v) is 10.4. The fraction of sp³-hybridized carbons (Fsp3) is 0.391. The lowest BCUT2D eigenvalue weighted by Gasteiger charge is -2.25. The van der Waals surface area contributed by atoms with Crippen LogP contribution in [0.25, 0.3) is 0 Å². The van der Waals surface area contributed by atoms with Gasteiger partial charge in [-0.15, -0.1) is 0 Å². The highest BCUT2D eigenvalue weighted by Gasteiger charge is 2.64. The van der Waals surface area contributed by atoms with Crippen LogP contribution in [0.3, 0.4) is 0 Å². The van der Waals surface area contributed by atoms with Crippen LogP contribution in [0.15, 0.2) is 48.8 Å². The number of ether oxygens (including phenoxy) is 2. The lowest BCUT2D eigenvalue weighted by atomic mass is 10.0. The van der Waals surface area contributed by atoms with Gasteiger partial charge >= 0.3 is 5.97 Å². The van der Waals surface area contributed by atoms with E-state index in [1.54, 1.807) is 60.6 Å². The Morgan fingerprint density at radius 3 is 2.61 bits per heavy atom. The van der Waals surface area contributed by atoms with Gasteiger partial charge in [-0.3, -0.25) is 14.6 Å². The minimum Gasteiger partial charge on any atom is -0.464 e. The quantitative estimate of drug-likeness (QED) is 0.543. The molecule has 2 aromatic rings. The molecule has 4 rings (SSSR count). The summed E-state index contributed by atoms with van der Waals surface area (Å²) in [6.45, 7) is 4.06. The van der Waals surface area contributed by atoms with Gasteiger partial charge in [0.15, 0.2) is 0 Å². The number of hydrogen-bond donors (Lipinski definition) is 1. The molecule has 8 nitrogen and oxygen atoms in total. The molecule has 0 radical (unpaired) electrons. The Morgan fingerprint density at radius 2 is 1.94 bits per heavy atom. The number of anilines is 1. The Balaban J connectivity index is 1.34. The zero-order valence-electron chi connectivity index (χ0n) is 17.5. The van der Waals surface area contributed by atoms with Crippen LogP contribution in [-0.4, -0.2) is 46.4 Å². The van der Waals surface area contributed by atoms with Gasteiger partial charge in [-0.05, 0) is 61.6 Å². The molecular formula is C23H25N3O5. The van der Waals surface area contributed by atoms with Gasteiger partial charge in [0.05, 0.1) is 12.8 Å². The number of carbonyl (C=O) groups excluding carboxylic acids is 3. The highest BCUT2D eigenvalue weighted by Crippen LogP contribution is 2.59. The van der Waals surface area contributed by atoms with Crippen molar-refractivity contribution in [2.45, 2.75) is 45.2 Å². The van der Waals surface area contributed by atoms with Gasteiger partial charge in [-0.2, -0.15) is 0 Å². The Labute approximate surface area is 180 Å². The van der Waals surface area contributed by atoms with E-state index in [1.165, 1.54) is 0 Å². The summed E-state index contributed by atoms with van der Waals surface area (Å²) < 4.78 is 10.8. The standard InChI is InChI=1S/C23H25N3O5/c1-3-30-22(29)18-12-23(2)13-19(23)26(18)21(28)11-20(27)25-15-6-8-16(9-7-15)31-17-5-4-10-24-14-17/h4-10,14,18-19H,3,11-13H2,1-2H3,(H,25,27)/t18-,19-,23+/m0/s1. The number of carbonyl (C=O) groups is 3. The second kappa shape index (κ2) is 8.37. The lowest BCUT2D eigenvalue weighted by Crippen LogP contribution is -2.45. The predicted octanol–water partition coefficient (Wildman–Crippen LogP) is 3.15. The van der Waals surface area contributed by atoms with E-state index in [2.05, 4.69) is 17.2 Å². The second-order valence-corrected chi connectivity index (χ2v) is 8.19. The number of amides is 2. The maximum Gasteiger partial charge on any atom is 0.328 e. The van der Waals surface area contributed by atoms with Gasteiger partial charge in [-0.1, -0.05) is 6.92 Å².